The Morgan fingerprint density at radius 3 is 2.81 bits per heavy atom. The molecule has 1 fully saturated rings. The van der Waals surface area contributed by atoms with Crippen molar-refractivity contribution in [3.63, 3.8) is 0 Å². The van der Waals surface area contributed by atoms with Crippen LogP contribution in [0.5, 0.6) is 0 Å². The molecular formula is C13H16N2O. The van der Waals surface area contributed by atoms with Gasteiger partial charge in [0, 0.05) is 31.3 Å². The molecule has 1 aromatic rings. The lowest BCUT2D eigenvalue weighted by Crippen LogP contribution is -2.28. The van der Waals surface area contributed by atoms with Crippen molar-refractivity contribution in [3.8, 4) is 0 Å². The van der Waals surface area contributed by atoms with Gasteiger partial charge in [-0.05, 0) is 24.6 Å². The van der Waals surface area contributed by atoms with Crippen LogP contribution in [-0.4, -0.2) is 22.3 Å². The second-order valence-electron chi connectivity index (χ2n) is 4.20. The second kappa shape index (κ2) is 4.47. The average molecular weight is 216 g/mol. The van der Waals surface area contributed by atoms with Crippen LogP contribution in [0.1, 0.15) is 24.9 Å². The van der Waals surface area contributed by atoms with Gasteiger partial charge in [-0.25, -0.2) is 0 Å². The number of carbonyl (C=O) groups excluding carboxylic acids is 1. The molecule has 2 heterocycles. The standard InChI is InChI=1S/C13H16N2O/c1-3-11-8-13(16)15(9-11)10(2)12-4-6-14-7-5-12/h3-7,10-11H,1,8-9H2,2H3. The number of hydrogen-bond acceptors (Lipinski definition) is 2. The van der Waals surface area contributed by atoms with E-state index in [9.17, 15) is 4.79 Å². The van der Waals surface area contributed by atoms with E-state index in [0.29, 0.717) is 12.3 Å². The minimum absolute atomic E-state index is 0.125. The second-order valence-corrected chi connectivity index (χ2v) is 4.20. The first-order chi connectivity index (χ1) is 7.72. The fourth-order valence-electron chi connectivity index (χ4n) is 2.11. The van der Waals surface area contributed by atoms with Gasteiger partial charge < -0.3 is 4.90 Å². The lowest BCUT2D eigenvalue weighted by atomic mass is 10.1. The summed E-state index contributed by atoms with van der Waals surface area (Å²) in [6, 6.07) is 4.04. The zero-order valence-electron chi connectivity index (χ0n) is 9.47. The van der Waals surface area contributed by atoms with Gasteiger partial charge in [0.2, 0.25) is 5.91 Å². The summed E-state index contributed by atoms with van der Waals surface area (Å²) in [7, 11) is 0. The highest BCUT2D eigenvalue weighted by Crippen LogP contribution is 2.28. The van der Waals surface area contributed by atoms with Crippen molar-refractivity contribution >= 4 is 5.91 Å². The number of hydrogen-bond donors (Lipinski definition) is 0. The molecular weight excluding hydrogens is 200 g/mol. The van der Waals surface area contributed by atoms with Crippen molar-refractivity contribution in [2.24, 2.45) is 5.92 Å². The SMILES string of the molecule is C=CC1CC(=O)N(C(C)c2ccncc2)C1. The van der Waals surface area contributed by atoms with Crippen molar-refractivity contribution in [1.29, 1.82) is 0 Å². The Hall–Kier alpha value is -1.64. The van der Waals surface area contributed by atoms with E-state index < -0.39 is 0 Å². The van der Waals surface area contributed by atoms with Crippen molar-refractivity contribution in [2.45, 2.75) is 19.4 Å². The van der Waals surface area contributed by atoms with Gasteiger partial charge in [0.1, 0.15) is 0 Å². The minimum atomic E-state index is 0.125. The molecule has 1 saturated heterocycles. The highest BCUT2D eigenvalue weighted by molar-refractivity contribution is 5.79. The summed E-state index contributed by atoms with van der Waals surface area (Å²) in [6.45, 7) is 6.59. The summed E-state index contributed by atoms with van der Waals surface area (Å²) in [5, 5.41) is 0. The molecule has 0 aromatic carbocycles. The first-order valence-electron chi connectivity index (χ1n) is 5.54. The highest BCUT2D eigenvalue weighted by Gasteiger charge is 2.31. The van der Waals surface area contributed by atoms with Crippen molar-refractivity contribution < 1.29 is 4.79 Å². The molecule has 0 saturated carbocycles. The van der Waals surface area contributed by atoms with Gasteiger partial charge in [-0.3, -0.25) is 9.78 Å². The Bertz CT molecular complexity index is 388. The van der Waals surface area contributed by atoms with E-state index in [1.165, 1.54) is 0 Å². The van der Waals surface area contributed by atoms with Crippen LogP contribution < -0.4 is 0 Å². The smallest absolute Gasteiger partial charge is 0.223 e. The molecule has 0 radical (unpaired) electrons. The zero-order valence-corrected chi connectivity index (χ0v) is 9.47. The molecule has 1 aliphatic heterocycles. The van der Waals surface area contributed by atoms with E-state index in [-0.39, 0.29) is 11.9 Å². The first kappa shape index (κ1) is 10.9. The van der Waals surface area contributed by atoms with Crippen LogP contribution in [0, 0.1) is 5.92 Å². The van der Waals surface area contributed by atoms with Crippen LogP contribution in [0.3, 0.4) is 0 Å². The quantitative estimate of drug-likeness (QED) is 0.725. The van der Waals surface area contributed by atoms with Gasteiger partial charge in [-0.2, -0.15) is 0 Å². The molecule has 2 unspecified atom stereocenters. The summed E-state index contributed by atoms with van der Waals surface area (Å²) in [4.78, 5) is 17.7. The Labute approximate surface area is 95.8 Å². The molecule has 2 atom stereocenters. The van der Waals surface area contributed by atoms with Crippen LogP contribution >= 0.6 is 0 Å². The molecule has 84 valence electrons. The highest BCUT2D eigenvalue weighted by atomic mass is 16.2. The van der Waals surface area contributed by atoms with Gasteiger partial charge in [-0.15, -0.1) is 6.58 Å². The molecule has 1 aliphatic rings. The number of amides is 1. The lowest BCUT2D eigenvalue weighted by molar-refractivity contribution is -0.129. The van der Waals surface area contributed by atoms with Crippen LogP contribution in [0.25, 0.3) is 0 Å². The Morgan fingerprint density at radius 2 is 2.25 bits per heavy atom. The first-order valence-corrected chi connectivity index (χ1v) is 5.54. The fraction of sp³-hybridized carbons (Fsp3) is 0.385. The molecule has 0 spiro atoms. The van der Waals surface area contributed by atoms with E-state index in [1.54, 1.807) is 12.4 Å². The van der Waals surface area contributed by atoms with Crippen LogP contribution in [0.4, 0.5) is 0 Å². The maximum absolute atomic E-state index is 11.8. The van der Waals surface area contributed by atoms with E-state index >= 15 is 0 Å². The predicted octanol–water partition coefficient (Wildman–Crippen LogP) is 2.18. The van der Waals surface area contributed by atoms with Crippen molar-refractivity contribution in [3.05, 3.63) is 42.7 Å². The normalized spacial score (nSPS) is 22.2. The molecule has 0 N–H and O–H groups in total. The topological polar surface area (TPSA) is 33.2 Å². The lowest BCUT2D eigenvalue weighted by Gasteiger charge is -2.24. The number of carbonyl (C=O) groups is 1. The predicted molar refractivity (Wildman–Crippen MR) is 62.7 cm³/mol. The maximum Gasteiger partial charge on any atom is 0.223 e. The molecule has 0 bridgehead atoms. The molecule has 16 heavy (non-hydrogen) atoms. The largest absolute Gasteiger partial charge is 0.335 e. The molecule has 3 heteroatoms. The van der Waals surface area contributed by atoms with E-state index in [1.807, 2.05) is 23.1 Å². The third-order valence-corrected chi connectivity index (χ3v) is 3.18. The molecule has 1 amide bonds. The third kappa shape index (κ3) is 1.98. The van der Waals surface area contributed by atoms with E-state index in [0.717, 1.165) is 12.1 Å². The van der Waals surface area contributed by atoms with Gasteiger partial charge >= 0.3 is 0 Å². The average Bonchev–Trinajstić information content (AvgIpc) is 2.71. The van der Waals surface area contributed by atoms with Crippen LogP contribution in [0.2, 0.25) is 0 Å². The van der Waals surface area contributed by atoms with Crippen LogP contribution in [0.15, 0.2) is 37.2 Å². The Morgan fingerprint density at radius 1 is 1.56 bits per heavy atom. The molecule has 3 nitrogen and oxygen atoms in total. The van der Waals surface area contributed by atoms with Crippen molar-refractivity contribution in [2.75, 3.05) is 6.54 Å². The zero-order chi connectivity index (χ0) is 11.5. The van der Waals surface area contributed by atoms with E-state index in [4.69, 9.17) is 0 Å². The molecule has 2 rings (SSSR count). The van der Waals surface area contributed by atoms with E-state index in [2.05, 4.69) is 18.5 Å². The number of nitrogens with zero attached hydrogens (tertiary/aromatic N) is 2. The Kier molecular flexibility index (Phi) is 3.04. The minimum Gasteiger partial charge on any atom is -0.335 e. The van der Waals surface area contributed by atoms with Crippen LogP contribution in [-0.2, 0) is 4.79 Å². The fourth-order valence-corrected chi connectivity index (χ4v) is 2.11. The van der Waals surface area contributed by atoms with Crippen molar-refractivity contribution in [1.82, 2.24) is 9.88 Å². The van der Waals surface area contributed by atoms with Gasteiger partial charge in [0.15, 0.2) is 0 Å². The summed E-state index contributed by atoms with van der Waals surface area (Å²) >= 11 is 0. The molecule has 1 aromatic heterocycles. The third-order valence-electron chi connectivity index (χ3n) is 3.18. The summed E-state index contributed by atoms with van der Waals surface area (Å²) < 4.78 is 0. The number of likely N-dealkylation sites (tertiary alicyclic amines) is 1. The summed E-state index contributed by atoms with van der Waals surface area (Å²) in [5.41, 5.74) is 1.13. The Balaban J connectivity index is 2.14. The molecule has 0 aliphatic carbocycles. The van der Waals surface area contributed by atoms with Gasteiger partial charge in [-0.1, -0.05) is 6.08 Å². The van der Waals surface area contributed by atoms with Gasteiger partial charge in [0.05, 0.1) is 6.04 Å². The van der Waals surface area contributed by atoms with Gasteiger partial charge in [0.25, 0.3) is 0 Å². The number of pyridine rings is 1. The number of aromatic nitrogens is 1. The maximum atomic E-state index is 11.8. The number of rotatable bonds is 3. The monoisotopic (exact) mass is 216 g/mol. The summed E-state index contributed by atoms with van der Waals surface area (Å²) in [5.74, 6) is 0.519. The summed E-state index contributed by atoms with van der Waals surface area (Å²) in [6.07, 6.45) is 5.99.